The van der Waals surface area contributed by atoms with Gasteiger partial charge in [0.05, 0.1) is 25.8 Å². The van der Waals surface area contributed by atoms with E-state index in [9.17, 15) is 9.59 Å². The van der Waals surface area contributed by atoms with Gasteiger partial charge in [0, 0.05) is 45.5 Å². The summed E-state index contributed by atoms with van der Waals surface area (Å²) < 4.78 is 15.9. The molecule has 2 aliphatic heterocycles. The first kappa shape index (κ1) is 20.4. The molecule has 0 aliphatic carbocycles. The SMILES string of the molecule is COc1ccc(C(=O)N2CCN(C(=O)C(N)C3CCOCC3)CC2)c(OC)c1. The minimum Gasteiger partial charge on any atom is -0.497 e. The van der Waals surface area contributed by atoms with E-state index in [1.165, 1.54) is 7.11 Å². The molecule has 8 nitrogen and oxygen atoms in total. The fourth-order valence-electron chi connectivity index (χ4n) is 3.76. The third-order valence-corrected chi connectivity index (χ3v) is 5.58. The molecule has 0 bridgehead atoms. The highest BCUT2D eigenvalue weighted by molar-refractivity contribution is 5.97. The summed E-state index contributed by atoms with van der Waals surface area (Å²) in [6.07, 6.45) is 1.64. The Morgan fingerprint density at radius 1 is 1.07 bits per heavy atom. The van der Waals surface area contributed by atoms with Crippen LogP contribution in [0.3, 0.4) is 0 Å². The van der Waals surface area contributed by atoms with E-state index in [4.69, 9.17) is 19.9 Å². The molecule has 28 heavy (non-hydrogen) atoms. The second-order valence-electron chi connectivity index (χ2n) is 7.16. The molecule has 1 aromatic rings. The highest BCUT2D eigenvalue weighted by Crippen LogP contribution is 2.26. The normalized spacial score (nSPS) is 19.2. The van der Waals surface area contributed by atoms with Gasteiger partial charge in [-0.25, -0.2) is 0 Å². The van der Waals surface area contributed by atoms with Gasteiger partial charge in [-0.05, 0) is 30.9 Å². The minimum atomic E-state index is -0.493. The average Bonchev–Trinajstić information content (AvgIpc) is 2.77. The summed E-state index contributed by atoms with van der Waals surface area (Å²) in [6.45, 7) is 3.25. The van der Waals surface area contributed by atoms with Gasteiger partial charge < -0.3 is 29.7 Å². The molecular formula is C20H29N3O5. The molecule has 2 amide bonds. The van der Waals surface area contributed by atoms with Crippen LogP contribution in [0, 0.1) is 5.92 Å². The monoisotopic (exact) mass is 391 g/mol. The highest BCUT2D eigenvalue weighted by Gasteiger charge is 2.32. The van der Waals surface area contributed by atoms with Gasteiger partial charge in [-0.15, -0.1) is 0 Å². The summed E-state index contributed by atoms with van der Waals surface area (Å²) in [5.41, 5.74) is 6.71. The maximum absolute atomic E-state index is 12.9. The number of piperazine rings is 1. The fourth-order valence-corrected chi connectivity index (χ4v) is 3.76. The molecule has 0 saturated carbocycles. The van der Waals surface area contributed by atoms with E-state index in [1.807, 2.05) is 0 Å². The Hall–Kier alpha value is -2.32. The molecule has 3 rings (SSSR count). The molecule has 8 heteroatoms. The lowest BCUT2D eigenvalue weighted by atomic mass is 9.91. The smallest absolute Gasteiger partial charge is 0.257 e. The molecule has 1 aromatic carbocycles. The molecule has 1 unspecified atom stereocenters. The van der Waals surface area contributed by atoms with Gasteiger partial charge in [-0.2, -0.15) is 0 Å². The molecule has 1 atom stereocenters. The summed E-state index contributed by atoms with van der Waals surface area (Å²) in [6, 6.07) is 4.65. The number of ether oxygens (including phenoxy) is 3. The van der Waals surface area contributed by atoms with E-state index < -0.39 is 6.04 Å². The average molecular weight is 391 g/mol. The third kappa shape index (κ3) is 4.39. The quantitative estimate of drug-likeness (QED) is 0.796. The molecule has 2 heterocycles. The maximum Gasteiger partial charge on any atom is 0.257 e. The topological polar surface area (TPSA) is 94.3 Å². The van der Waals surface area contributed by atoms with E-state index >= 15 is 0 Å². The lowest BCUT2D eigenvalue weighted by Crippen LogP contribution is -2.56. The summed E-state index contributed by atoms with van der Waals surface area (Å²) >= 11 is 0. The van der Waals surface area contributed by atoms with Crippen LogP contribution >= 0.6 is 0 Å². The van der Waals surface area contributed by atoms with Gasteiger partial charge >= 0.3 is 0 Å². The number of hydrogen-bond donors (Lipinski definition) is 1. The minimum absolute atomic E-state index is 0.0268. The van der Waals surface area contributed by atoms with Gasteiger partial charge in [0.1, 0.15) is 11.5 Å². The molecule has 2 fully saturated rings. The molecule has 2 N–H and O–H groups in total. The molecule has 154 valence electrons. The van der Waals surface area contributed by atoms with Crippen molar-refractivity contribution in [2.45, 2.75) is 18.9 Å². The Balaban J connectivity index is 1.59. The van der Waals surface area contributed by atoms with Crippen molar-refractivity contribution >= 4 is 11.8 Å². The first-order valence-electron chi connectivity index (χ1n) is 9.68. The van der Waals surface area contributed by atoms with Crippen molar-refractivity contribution in [1.82, 2.24) is 9.80 Å². The van der Waals surface area contributed by atoms with Crippen LogP contribution in [-0.2, 0) is 9.53 Å². The van der Waals surface area contributed by atoms with Crippen molar-refractivity contribution in [3.63, 3.8) is 0 Å². The molecule has 0 radical (unpaired) electrons. The van der Waals surface area contributed by atoms with Crippen molar-refractivity contribution in [1.29, 1.82) is 0 Å². The highest BCUT2D eigenvalue weighted by atomic mass is 16.5. The second kappa shape index (κ2) is 9.25. The molecule has 0 spiro atoms. The van der Waals surface area contributed by atoms with E-state index in [2.05, 4.69) is 0 Å². The predicted octanol–water partition coefficient (Wildman–Crippen LogP) is 0.742. The number of rotatable bonds is 5. The van der Waals surface area contributed by atoms with Gasteiger partial charge in [0.15, 0.2) is 0 Å². The molecule has 0 aromatic heterocycles. The van der Waals surface area contributed by atoms with E-state index in [0.717, 1.165) is 12.8 Å². The first-order chi connectivity index (χ1) is 13.5. The van der Waals surface area contributed by atoms with Crippen LogP contribution in [0.15, 0.2) is 18.2 Å². The van der Waals surface area contributed by atoms with E-state index in [1.54, 1.807) is 35.1 Å². The predicted molar refractivity (Wildman–Crippen MR) is 104 cm³/mol. The van der Waals surface area contributed by atoms with Gasteiger partial charge in [0.2, 0.25) is 5.91 Å². The van der Waals surface area contributed by atoms with E-state index in [0.29, 0.717) is 56.5 Å². The Morgan fingerprint density at radius 3 is 2.32 bits per heavy atom. The Kier molecular flexibility index (Phi) is 6.74. The van der Waals surface area contributed by atoms with Crippen molar-refractivity contribution in [3.8, 4) is 11.5 Å². The standard InChI is InChI=1S/C20H29N3O5/c1-26-15-3-4-16(17(13-15)27-2)19(24)22-7-9-23(10-8-22)20(25)18(21)14-5-11-28-12-6-14/h3-4,13-14,18H,5-12,21H2,1-2H3. The Morgan fingerprint density at radius 2 is 1.71 bits per heavy atom. The van der Waals surface area contributed by atoms with Crippen molar-refractivity contribution in [3.05, 3.63) is 23.8 Å². The maximum atomic E-state index is 12.9. The number of hydrogen-bond acceptors (Lipinski definition) is 6. The molecular weight excluding hydrogens is 362 g/mol. The number of amides is 2. The van der Waals surface area contributed by atoms with Gasteiger partial charge in [0.25, 0.3) is 5.91 Å². The zero-order chi connectivity index (χ0) is 20.1. The second-order valence-corrected chi connectivity index (χ2v) is 7.16. The Labute approximate surface area is 165 Å². The van der Waals surface area contributed by atoms with Crippen LogP contribution in [-0.4, -0.2) is 81.3 Å². The number of nitrogens with two attached hydrogens (primary N) is 1. The zero-order valence-electron chi connectivity index (χ0n) is 16.6. The fraction of sp³-hybridized carbons (Fsp3) is 0.600. The number of methoxy groups -OCH3 is 2. The van der Waals surface area contributed by atoms with Crippen LogP contribution in [0.5, 0.6) is 11.5 Å². The molecule has 2 saturated heterocycles. The van der Waals surface area contributed by atoms with E-state index in [-0.39, 0.29) is 17.7 Å². The van der Waals surface area contributed by atoms with Gasteiger partial charge in [-0.1, -0.05) is 0 Å². The number of carbonyl (C=O) groups excluding carboxylic acids is 2. The van der Waals surface area contributed by atoms with Crippen LogP contribution in [0.2, 0.25) is 0 Å². The number of benzene rings is 1. The van der Waals surface area contributed by atoms with Crippen LogP contribution < -0.4 is 15.2 Å². The third-order valence-electron chi connectivity index (χ3n) is 5.58. The van der Waals surface area contributed by atoms with Crippen molar-refractivity contribution in [2.24, 2.45) is 11.7 Å². The first-order valence-corrected chi connectivity index (χ1v) is 9.68. The largest absolute Gasteiger partial charge is 0.497 e. The van der Waals surface area contributed by atoms with Crippen molar-refractivity contribution < 1.29 is 23.8 Å². The van der Waals surface area contributed by atoms with Crippen LogP contribution in [0.1, 0.15) is 23.2 Å². The van der Waals surface area contributed by atoms with Gasteiger partial charge in [-0.3, -0.25) is 9.59 Å². The summed E-state index contributed by atoms with van der Waals surface area (Å²) in [7, 11) is 3.09. The number of carbonyl (C=O) groups is 2. The lowest BCUT2D eigenvalue weighted by Gasteiger charge is -2.37. The zero-order valence-corrected chi connectivity index (χ0v) is 16.6. The summed E-state index contributed by atoms with van der Waals surface area (Å²) in [5, 5.41) is 0. The summed E-state index contributed by atoms with van der Waals surface area (Å²) in [5.74, 6) is 1.14. The van der Waals surface area contributed by atoms with Crippen LogP contribution in [0.25, 0.3) is 0 Å². The summed E-state index contributed by atoms with van der Waals surface area (Å²) in [4.78, 5) is 29.2. The molecule has 2 aliphatic rings. The number of nitrogens with zero attached hydrogens (tertiary/aromatic N) is 2. The Bertz CT molecular complexity index is 697. The lowest BCUT2D eigenvalue weighted by molar-refractivity contribution is -0.136. The van der Waals surface area contributed by atoms with Crippen LogP contribution in [0.4, 0.5) is 0 Å². The van der Waals surface area contributed by atoms with Crippen molar-refractivity contribution in [2.75, 3.05) is 53.6 Å².